The molecule has 0 aliphatic heterocycles. The Kier molecular flexibility index (Phi) is 6.80. The second kappa shape index (κ2) is 7.35. The molecule has 0 saturated carbocycles. The van der Waals surface area contributed by atoms with Crippen molar-refractivity contribution in [2.75, 3.05) is 14.2 Å². The summed E-state index contributed by atoms with van der Waals surface area (Å²) < 4.78 is 9.08. The second-order valence-corrected chi connectivity index (χ2v) is 3.25. The molecule has 0 amide bonds. The van der Waals surface area contributed by atoms with Crippen LogP contribution >= 0.6 is 0 Å². The molecule has 0 rings (SSSR count). The maximum Gasteiger partial charge on any atom is 0.308 e. The van der Waals surface area contributed by atoms with Crippen LogP contribution in [-0.4, -0.2) is 26.2 Å². The first-order valence-corrected chi connectivity index (χ1v) is 4.76. The SMILES string of the molecule is COC(=O)CCCC[C@H](C)C(=O)OC. The molecule has 0 unspecified atom stereocenters. The molecule has 0 saturated heterocycles. The number of hydrogen-bond acceptors (Lipinski definition) is 4. The minimum absolute atomic E-state index is 0.0855. The smallest absolute Gasteiger partial charge is 0.308 e. The topological polar surface area (TPSA) is 52.6 Å². The first-order valence-electron chi connectivity index (χ1n) is 4.76. The Morgan fingerprint density at radius 3 is 2.29 bits per heavy atom. The largest absolute Gasteiger partial charge is 0.469 e. The fourth-order valence-corrected chi connectivity index (χ4v) is 1.14. The zero-order chi connectivity index (χ0) is 11.0. The van der Waals surface area contributed by atoms with Crippen molar-refractivity contribution in [3.05, 3.63) is 0 Å². The minimum atomic E-state index is -0.198. The van der Waals surface area contributed by atoms with Gasteiger partial charge in [0.2, 0.25) is 0 Å². The van der Waals surface area contributed by atoms with E-state index < -0.39 is 0 Å². The number of unbranched alkanes of at least 4 members (excludes halogenated alkanes) is 1. The summed E-state index contributed by atoms with van der Waals surface area (Å²) in [6, 6.07) is 0. The van der Waals surface area contributed by atoms with E-state index in [1.54, 1.807) is 0 Å². The van der Waals surface area contributed by atoms with Crippen molar-refractivity contribution in [1.82, 2.24) is 0 Å². The van der Waals surface area contributed by atoms with Crippen molar-refractivity contribution >= 4 is 11.9 Å². The van der Waals surface area contributed by atoms with Gasteiger partial charge in [-0.25, -0.2) is 0 Å². The highest BCUT2D eigenvalue weighted by atomic mass is 16.5. The second-order valence-electron chi connectivity index (χ2n) is 3.25. The third-order valence-electron chi connectivity index (χ3n) is 2.10. The van der Waals surface area contributed by atoms with E-state index in [2.05, 4.69) is 9.47 Å². The van der Waals surface area contributed by atoms with Crippen molar-refractivity contribution in [2.24, 2.45) is 5.92 Å². The van der Waals surface area contributed by atoms with Crippen LogP contribution in [0.3, 0.4) is 0 Å². The molecular formula is C10H18O4. The quantitative estimate of drug-likeness (QED) is 0.484. The summed E-state index contributed by atoms with van der Waals surface area (Å²) >= 11 is 0. The fourth-order valence-electron chi connectivity index (χ4n) is 1.14. The number of ether oxygens (including phenoxy) is 2. The number of methoxy groups -OCH3 is 2. The van der Waals surface area contributed by atoms with Gasteiger partial charge in [0.05, 0.1) is 20.1 Å². The predicted molar refractivity (Wildman–Crippen MR) is 51.7 cm³/mol. The zero-order valence-corrected chi connectivity index (χ0v) is 9.04. The molecule has 14 heavy (non-hydrogen) atoms. The average molecular weight is 202 g/mol. The molecule has 0 fully saturated rings. The van der Waals surface area contributed by atoms with Crippen LogP contribution in [0.2, 0.25) is 0 Å². The van der Waals surface area contributed by atoms with E-state index in [-0.39, 0.29) is 17.9 Å². The van der Waals surface area contributed by atoms with Crippen molar-refractivity contribution in [3.8, 4) is 0 Å². The lowest BCUT2D eigenvalue weighted by Crippen LogP contribution is -2.12. The molecule has 0 spiro atoms. The van der Waals surface area contributed by atoms with Gasteiger partial charge in [0.15, 0.2) is 0 Å². The lowest BCUT2D eigenvalue weighted by atomic mass is 10.0. The van der Waals surface area contributed by atoms with E-state index in [1.165, 1.54) is 14.2 Å². The number of esters is 2. The van der Waals surface area contributed by atoms with Gasteiger partial charge in [-0.3, -0.25) is 9.59 Å². The highest BCUT2D eigenvalue weighted by Crippen LogP contribution is 2.10. The maximum absolute atomic E-state index is 11.0. The van der Waals surface area contributed by atoms with Crippen LogP contribution in [0, 0.1) is 5.92 Å². The van der Waals surface area contributed by atoms with Gasteiger partial charge in [0.25, 0.3) is 0 Å². The Morgan fingerprint density at radius 2 is 1.79 bits per heavy atom. The molecule has 0 aromatic rings. The number of carbonyl (C=O) groups excluding carboxylic acids is 2. The van der Waals surface area contributed by atoms with E-state index in [0.29, 0.717) is 6.42 Å². The Balaban J connectivity index is 3.45. The van der Waals surface area contributed by atoms with Crippen molar-refractivity contribution < 1.29 is 19.1 Å². The molecule has 4 nitrogen and oxygen atoms in total. The Labute approximate surface area is 84.6 Å². The Bertz CT molecular complexity index is 189. The molecular weight excluding hydrogens is 184 g/mol. The molecule has 82 valence electrons. The van der Waals surface area contributed by atoms with E-state index in [9.17, 15) is 9.59 Å². The summed E-state index contributed by atoms with van der Waals surface area (Å²) in [5.41, 5.74) is 0. The van der Waals surface area contributed by atoms with Crippen LogP contribution in [0.4, 0.5) is 0 Å². The van der Waals surface area contributed by atoms with Crippen LogP contribution < -0.4 is 0 Å². The summed E-state index contributed by atoms with van der Waals surface area (Å²) in [5.74, 6) is -0.476. The summed E-state index contributed by atoms with van der Waals surface area (Å²) in [5, 5.41) is 0. The predicted octanol–water partition coefficient (Wildman–Crippen LogP) is 1.53. The highest BCUT2D eigenvalue weighted by molar-refractivity contribution is 5.71. The molecule has 0 aliphatic carbocycles. The molecule has 0 bridgehead atoms. The lowest BCUT2D eigenvalue weighted by Gasteiger charge is -2.07. The molecule has 0 N–H and O–H groups in total. The lowest BCUT2D eigenvalue weighted by molar-refractivity contribution is -0.145. The first-order chi connectivity index (χ1) is 6.61. The van der Waals surface area contributed by atoms with Crippen LogP contribution in [0.5, 0.6) is 0 Å². The normalized spacial score (nSPS) is 11.9. The molecule has 0 heterocycles. The Hall–Kier alpha value is -1.06. The summed E-state index contributed by atoms with van der Waals surface area (Å²) in [4.78, 5) is 21.7. The molecule has 0 aromatic carbocycles. The van der Waals surface area contributed by atoms with E-state index in [0.717, 1.165) is 19.3 Å². The van der Waals surface area contributed by atoms with Crippen LogP contribution in [0.25, 0.3) is 0 Å². The first kappa shape index (κ1) is 12.9. The van der Waals surface area contributed by atoms with Crippen LogP contribution in [0.1, 0.15) is 32.6 Å². The van der Waals surface area contributed by atoms with Crippen molar-refractivity contribution in [1.29, 1.82) is 0 Å². The van der Waals surface area contributed by atoms with Crippen LogP contribution in [0.15, 0.2) is 0 Å². The third kappa shape index (κ3) is 5.56. The molecule has 0 radical (unpaired) electrons. The number of carbonyl (C=O) groups is 2. The number of hydrogen-bond donors (Lipinski definition) is 0. The zero-order valence-electron chi connectivity index (χ0n) is 9.04. The summed E-state index contributed by atoms with van der Waals surface area (Å²) in [6.07, 6.45) is 2.77. The van der Waals surface area contributed by atoms with Gasteiger partial charge in [-0.1, -0.05) is 13.3 Å². The fraction of sp³-hybridized carbons (Fsp3) is 0.800. The number of rotatable bonds is 6. The maximum atomic E-state index is 11.0. The highest BCUT2D eigenvalue weighted by Gasteiger charge is 2.12. The van der Waals surface area contributed by atoms with Gasteiger partial charge in [0, 0.05) is 6.42 Å². The van der Waals surface area contributed by atoms with E-state index >= 15 is 0 Å². The van der Waals surface area contributed by atoms with E-state index in [4.69, 9.17) is 0 Å². The average Bonchev–Trinajstić information content (AvgIpc) is 2.22. The summed E-state index contributed by atoms with van der Waals surface area (Å²) in [6.45, 7) is 1.82. The molecule has 4 heteroatoms. The van der Waals surface area contributed by atoms with Gasteiger partial charge in [0.1, 0.15) is 0 Å². The van der Waals surface area contributed by atoms with Gasteiger partial charge in [-0.05, 0) is 12.8 Å². The third-order valence-corrected chi connectivity index (χ3v) is 2.10. The van der Waals surface area contributed by atoms with E-state index in [1.807, 2.05) is 6.92 Å². The van der Waals surface area contributed by atoms with Gasteiger partial charge in [-0.15, -0.1) is 0 Å². The minimum Gasteiger partial charge on any atom is -0.469 e. The van der Waals surface area contributed by atoms with Gasteiger partial charge < -0.3 is 9.47 Å². The van der Waals surface area contributed by atoms with Gasteiger partial charge >= 0.3 is 11.9 Å². The van der Waals surface area contributed by atoms with Gasteiger partial charge in [-0.2, -0.15) is 0 Å². The van der Waals surface area contributed by atoms with Crippen molar-refractivity contribution in [2.45, 2.75) is 32.6 Å². The molecule has 1 atom stereocenters. The standard InChI is InChI=1S/C10H18O4/c1-8(10(12)14-3)6-4-5-7-9(11)13-2/h8H,4-7H2,1-3H3/t8-/m0/s1. The molecule has 0 aliphatic rings. The Morgan fingerprint density at radius 1 is 1.14 bits per heavy atom. The van der Waals surface area contributed by atoms with Crippen molar-refractivity contribution in [3.63, 3.8) is 0 Å². The monoisotopic (exact) mass is 202 g/mol. The van der Waals surface area contributed by atoms with Crippen LogP contribution in [-0.2, 0) is 19.1 Å². The summed E-state index contributed by atoms with van der Waals surface area (Å²) in [7, 11) is 2.76. The molecule has 0 aromatic heterocycles.